The molecule has 168 valence electrons. The third kappa shape index (κ3) is 12.5. The van der Waals surface area contributed by atoms with E-state index in [1.165, 1.54) is 76.0 Å². The van der Waals surface area contributed by atoms with Crippen LogP contribution in [0.4, 0.5) is 5.69 Å². The highest BCUT2D eigenvalue weighted by Crippen LogP contribution is 2.16. The molecule has 0 saturated carbocycles. The van der Waals surface area contributed by atoms with E-state index in [-0.39, 0.29) is 5.57 Å². The number of nitriles is 1. The maximum Gasteiger partial charge on any atom is 0.346 e. The van der Waals surface area contributed by atoms with Crippen LogP contribution in [0.15, 0.2) is 54.1 Å². The minimum atomic E-state index is -1.21. The molecule has 0 atom stereocenters. The highest BCUT2D eigenvalue weighted by atomic mass is 16.4. The number of carbonyl (C=O) groups is 1. The summed E-state index contributed by atoms with van der Waals surface area (Å²) in [5.41, 5.74) is 2.01. The van der Waals surface area contributed by atoms with Crippen LogP contribution < -0.4 is 4.90 Å². The lowest BCUT2D eigenvalue weighted by Gasteiger charge is -2.19. The van der Waals surface area contributed by atoms with Crippen molar-refractivity contribution in [3.8, 4) is 6.07 Å². The molecule has 0 aliphatic carbocycles. The van der Waals surface area contributed by atoms with Gasteiger partial charge in [0.2, 0.25) is 0 Å². The monoisotopic (exact) mass is 422 g/mol. The summed E-state index contributed by atoms with van der Waals surface area (Å²) in [5, 5.41) is 17.4. The Morgan fingerprint density at radius 3 is 2.06 bits per heavy atom. The maximum atomic E-state index is 10.7. The topological polar surface area (TPSA) is 64.3 Å². The van der Waals surface area contributed by atoms with Crippen molar-refractivity contribution >= 4 is 17.7 Å². The van der Waals surface area contributed by atoms with Gasteiger partial charge in [-0.3, -0.25) is 0 Å². The second kappa shape index (κ2) is 16.9. The summed E-state index contributed by atoms with van der Waals surface area (Å²) in [5.74, 6) is -1.21. The second-order valence-electron chi connectivity index (χ2n) is 7.94. The lowest BCUT2D eigenvalue weighted by atomic mass is 10.1. The van der Waals surface area contributed by atoms with E-state index >= 15 is 0 Å². The molecule has 4 heteroatoms. The Labute approximate surface area is 188 Å². The van der Waals surface area contributed by atoms with Crippen LogP contribution in [0.25, 0.3) is 6.08 Å². The first-order valence-electron chi connectivity index (χ1n) is 11.6. The molecule has 0 unspecified atom stereocenters. The van der Waals surface area contributed by atoms with Crippen molar-refractivity contribution in [2.24, 2.45) is 0 Å². The van der Waals surface area contributed by atoms with Crippen LogP contribution in [-0.2, 0) is 4.79 Å². The molecule has 0 amide bonds. The molecule has 0 aliphatic rings. The van der Waals surface area contributed by atoms with Crippen molar-refractivity contribution in [3.63, 3.8) is 0 Å². The molecule has 31 heavy (non-hydrogen) atoms. The first-order chi connectivity index (χ1) is 15.1. The number of carboxylic acids is 1. The first kappa shape index (κ1) is 26.2. The molecular formula is C27H38N2O2. The van der Waals surface area contributed by atoms with Crippen LogP contribution >= 0.6 is 0 Å². The van der Waals surface area contributed by atoms with E-state index in [0.29, 0.717) is 0 Å². The number of carboxylic acid groups (broad SMARTS) is 1. The van der Waals surface area contributed by atoms with E-state index in [9.17, 15) is 4.79 Å². The number of nitrogens with zero attached hydrogens (tertiary/aromatic N) is 2. The fourth-order valence-corrected chi connectivity index (χ4v) is 3.34. The number of allylic oxidation sites excluding steroid dienone is 4. The van der Waals surface area contributed by atoms with Crippen molar-refractivity contribution in [1.29, 1.82) is 5.26 Å². The molecule has 0 bridgehead atoms. The molecule has 0 radical (unpaired) electrons. The van der Waals surface area contributed by atoms with E-state index in [1.54, 1.807) is 18.2 Å². The van der Waals surface area contributed by atoms with Crippen LogP contribution in [-0.4, -0.2) is 24.7 Å². The summed E-state index contributed by atoms with van der Waals surface area (Å²) in [6.07, 6.45) is 21.9. The molecule has 0 fully saturated rings. The van der Waals surface area contributed by atoms with Crippen molar-refractivity contribution in [2.75, 3.05) is 18.5 Å². The summed E-state index contributed by atoms with van der Waals surface area (Å²) in [7, 11) is 2.14. The van der Waals surface area contributed by atoms with E-state index in [4.69, 9.17) is 10.4 Å². The van der Waals surface area contributed by atoms with E-state index in [2.05, 4.69) is 43.1 Å². The van der Waals surface area contributed by atoms with Gasteiger partial charge in [0.05, 0.1) is 0 Å². The first-order valence-corrected chi connectivity index (χ1v) is 11.6. The number of benzene rings is 1. The Hall–Kier alpha value is -2.80. The Bertz CT molecular complexity index is 754. The van der Waals surface area contributed by atoms with Crippen molar-refractivity contribution < 1.29 is 9.90 Å². The Morgan fingerprint density at radius 2 is 1.52 bits per heavy atom. The van der Waals surface area contributed by atoms with Gasteiger partial charge in [-0.25, -0.2) is 4.79 Å². The number of unbranched alkanes of at least 4 members (excludes halogenated alkanes) is 9. The molecule has 1 N–H and O–H groups in total. The van der Waals surface area contributed by atoms with E-state index < -0.39 is 5.97 Å². The molecule has 4 nitrogen and oxygen atoms in total. The number of rotatable bonds is 16. The summed E-state index contributed by atoms with van der Waals surface area (Å²) >= 11 is 0. The number of hydrogen-bond donors (Lipinski definition) is 1. The van der Waals surface area contributed by atoms with Crippen molar-refractivity contribution in [3.05, 3.63) is 59.7 Å². The van der Waals surface area contributed by atoms with Crippen molar-refractivity contribution in [2.45, 2.75) is 71.1 Å². The van der Waals surface area contributed by atoms with Gasteiger partial charge in [-0.15, -0.1) is 0 Å². The average molecular weight is 423 g/mol. The zero-order valence-electron chi connectivity index (χ0n) is 19.2. The fraction of sp³-hybridized carbons (Fsp3) is 0.481. The SMILES string of the molecule is CCCCCCCCCCCCN(C)c1ccc(C=CC=CC=C(C#N)C(=O)O)cc1. The van der Waals surface area contributed by atoms with Crippen LogP contribution in [0, 0.1) is 11.3 Å². The lowest BCUT2D eigenvalue weighted by molar-refractivity contribution is -0.132. The Morgan fingerprint density at radius 1 is 0.935 bits per heavy atom. The molecule has 1 rings (SSSR count). The molecule has 0 aliphatic heterocycles. The zero-order valence-corrected chi connectivity index (χ0v) is 19.2. The zero-order chi connectivity index (χ0) is 22.7. The summed E-state index contributed by atoms with van der Waals surface area (Å²) in [4.78, 5) is 13.0. The normalized spacial score (nSPS) is 11.8. The molecule has 0 heterocycles. The molecule has 0 aromatic heterocycles. The molecule has 1 aromatic rings. The summed E-state index contributed by atoms with van der Waals surface area (Å²) in [6, 6.07) is 10.0. The third-order valence-electron chi connectivity index (χ3n) is 5.31. The van der Waals surface area contributed by atoms with Crippen LogP contribution in [0.3, 0.4) is 0 Å². The molecular weight excluding hydrogens is 384 g/mol. The van der Waals surface area contributed by atoms with Gasteiger partial charge in [0.15, 0.2) is 0 Å². The van der Waals surface area contributed by atoms with Crippen LogP contribution in [0.1, 0.15) is 76.7 Å². The van der Waals surface area contributed by atoms with Crippen molar-refractivity contribution in [1.82, 2.24) is 0 Å². The minimum Gasteiger partial charge on any atom is -0.477 e. The lowest BCUT2D eigenvalue weighted by Crippen LogP contribution is -2.18. The predicted octanol–water partition coefficient (Wildman–Crippen LogP) is 7.15. The standard InChI is InChI=1S/C27H38N2O2/c1-3-4-5-6-7-8-9-10-11-15-22-29(2)26-20-18-24(19-21-26)16-13-12-14-17-25(23-28)27(30)31/h12-14,16-21H,3-11,15,22H2,1-2H3,(H,30,31). The largest absolute Gasteiger partial charge is 0.477 e. The highest BCUT2D eigenvalue weighted by molar-refractivity contribution is 5.91. The third-order valence-corrected chi connectivity index (χ3v) is 5.31. The number of hydrogen-bond acceptors (Lipinski definition) is 3. The van der Waals surface area contributed by atoms with Gasteiger partial charge >= 0.3 is 5.97 Å². The fourth-order valence-electron chi connectivity index (χ4n) is 3.34. The average Bonchev–Trinajstić information content (AvgIpc) is 2.77. The summed E-state index contributed by atoms with van der Waals surface area (Å²) < 4.78 is 0. The Balaban J connectivity index is 2.27. The van der Waals surface area contributed by atoms with Crippen LogP contribution in [0.2, 0.25) is 0 Å². The van der Waals surface area contributed by atoms with Gasteiger partial charge in [0.25, 0.3) is 0 Å². The van der Waals surface area contributed by atoms with Gasteiger partial charge in [-0.05, 0) is 30.2 Å². The number of anilines is 1. The molecule has 0 spiro atoms. The smallest absolute Gasteiger partial charge is 0.346 e. The summed E-state index contributed by atoms with van der Waals surface area (Å²) in [6.45, 7) is 3.34. The van der Waals surface area contributed by atoms with Gasteiger partial charge < -0.3 is 10.0 Å². The highest BCUT2D eigenvalue weighted by Gasteiger charge is 2.02. The Kier molecular flexibility index (Phi) is 14.3. The van der Waals surface area contributed by atoms with Crippen LogP contribution in [0.5, 0.6) is 0 Å². The quantitative estimate of drug-likeness (QED) is 0.133. The van der Waals surface area contributed by atoms with Gasteiger partial charge in [0, 0.05) is 19.3 Å². The minimum absolute atomic E-state index is 0.278. The second-order valence-corrected chi connectivity index (χ2v) is 7.94. The maximum absolute atomic E-state index is 10.7. The van der Waals surface area contributed by atoms with E-state index in [1.807, 2.05) is 12.2 Å². The van der Waals surface area contributed by atoms with Gasteiger partial charge in [0.1, 0.15) is 11.6 Å². The van der Waals surface area contributed by atoms with E-state index in [0.717, 1.165) is 12.1 Å². The molecule has 0 saturated heterocycles. The van der Waals surface area contributed by atoms with Gasteiger partial charge in [-0.1, -0.05) is 101 Å². The predicted molar refractivity (Wildman–Crippen MR) is 131 cm³/mol. The number of aliphatic carboxylic acids is 1. The van der Waals surface area contributed by atoms with Gasteiger partial charge in [-0.2, -0.15) is 5.26 Å². The molecule has 1 aromatic carbocycles.